The molecule has 2 aromatic carbocycles. The maximum absolute atomic E-state index is 12.4. The highest BCUT2D eigenvalue weighted by Gasteiger charge is 2.14. The van der Waals surface area contributed by atoms with Crippen molar-refractivity contribution in [2.75, 3.05) is 12.4 Å². The molecule has 0 bridgehead atoms. The first-order valence-corrected chi connectivity index (χ1v) is 7.45. The summed E-state index contributed by atoms with van der Waals surface area (Å²) in [6.45, 7) is 5.90. The van der Waals surface area contributed by atoms with Crippen LogP contribution in [-0.4, -0.2) is 13.0 Å². The first-order valence-electron chi connectivity index (χ1n) is 6.65. The van der Waals surface area contributed by atoms with E-state index in [9.17, 15) is 4.79 Å². The summed E-state index contributed by atoms with van der Waals surface area (Å²) in [6.07, 6.45) is 0. The van der Waals surface area contributed by atoms with E-state index in [1.807, 2.05) is 51.1 Å². The van der Waals surface area contributed by atoms with Gasteiger partial charge in [0.1, 0.15) is 5.75 Å². The number of carbonyl (C=O) groups is 1. The predicted molar refractivity (Wildman–Crippen MR) is 89.3 cm³/mol. The molecule has 0 spiro atoms. The Labute approximate surface area is 133 Å². The lowest BCUT2D eigenvalue weighted by Gasteiger charge is -2.14. The second-order valence-corrected chi connectivity index (χ2v) is 5.88. The van der Waals surface area contributed by atoms with Crippen molar-refractivity contribution >= 4 is 27.5 Å². The molecule has 0 aliphatic carbocycles. The van der Waals surface area contributed by atoms with Crippen LogP contribution in [0.2, 0.25) is 0 Å². The van der Waals surface area contributed by atoms with E-state index in [2.05, 4.69) is 21.2 Å². The number of amides is 1. The molecule has 2 rings (SSSR count). The summed E-state index contributed by atoms with van der Waals surface area (Å²) in [4.78, 5) is 12.4. The van der Waals surface area contributed by atoms with Crippen LogP contribution in [0.1, 0.15) is 27.0 Å². The fraction of sp³-hybridized carbons (Fsp3) is 0.235. The molecule has 110 valence electrons. The highest BCUT2D eigenvalue weighted by atomic mass is 79.9. The van der Waals surface area contributed by atoms with Gasteiger partial charge in [0.25, 0.3) is 5.91 Å². The average molecular weight is 348 g/mol. The van der Waals surface area contributed by atoms with Crippen molar-refractivity contribution in [1.29, 1.82) is 0 Å². The second-order valence-electron chi connectivity index (χ2n) is 5.03. The minimum absolute atomic E-state index is 0.143. The van der Waals surface area contributed by atoms with Crippen molar-refractivity contribution in [3.63, 3.8) is 0 Å². The van der Waals surface area contributed by atoms with Gasteiger partial charge in [-0.05, 0) is 66.0 Å². The lowest BCUT2D eigenvalue weighted by molar-refractivity contribution is 0.102. The van der Waals surface area contributed by atoms with Crippen LogP contribution in [0.5, 0.6) is 5.75 Å². The monoisotopic (exact) mass is 347 g/mol. The number of carbonyl (C=O) groups excluding carboxylic acids is 1. The average Bonchev–Trinajstić information content (AvgIpc) is 2.42. The zero-order chi connectivity index (χ0) is 15.6. The molecular formula is C17H18BrNO2. The number of anilines is 1. The maximum atomic E-state index is 12.4. The molecule has 2 aromatic rings. The molecule has 0 aliphatic rings. The van der Waals surface area contributed by atoms with E-state index in [1.165, 1.54) is 0 Å². The molecule has 3 nitrogen and oxygen atoms in total. The van der Waals surface area contributed by atoms with Gasteiger partial charge in [-0.1, -0.05) is 12.1 Å². The molecule has 0 fully saturated rings. The first kappa shape index (κ1) is 15.6. The number of methoxy groups -OCH3 is 1. The van der Waals surface area contributed by atoms with E-state index >= 15 is 0 Å². The molecule has 0 unspecified atom stereocenters. The number of hydrogen-bond acceptors (Lipinski definition) is 2. The molecule has 0 aliphatic heterocycles. The number of hydrogen-bond donors (Lipinski definition) is 1. The van der Waals surface area contributed by atoms with Gasteiger partial charge in [-0.15, -0.1) is 0 Å². The molecule has 0 aromatic heterocycles. The first-order chi connectivity index (χ1) is 9.93. The van der Waals surface area contributed by atoms with E-state index in [4.69, 9.17) is 4.74 Å². The predicted octanol–water partition coefficient (Wildman–Crippen LogP) is 4.64. The SMILES string of the molecule is COc1c(C)ccc(NC(=O)c2ccc(C)cc2Br)c1C. The number of halogens is 1. The van der Waals surface area contributed by atoms with Crippen LogP contribution in [-0.2, 0) is 0 Å². The van der Waals surface area contributed by atoms with Crippen LogP contribution in [0.25, 0.3) is 0 Å². The number of aryl methyl sites for hydroxylation is 2. The zero-order valence-corrected chi connectivity index (χ0v) is 14.2. The highest BCUT2D eigenvalue weighted by Crippen LogP contribution is 2.30. The third-order valence-electron chi connectivity index (χ3n) is 3.42. The van der Waals surface area contributed by atoms with Crippen LogP contribution in [0.3, 0.4) is 0 Å². The summed E-state index contributed by atoms with van der Waals surface area (Å²) in [5, 5.41) is 2.94. The van der Waals surface area contributed by atoms with Gasteiger partial charge in [0, 0.05) is 15.7 Å². The van der Waals surface area contributed by atoms with E-state index in [0.717, 1.165) is 32.6 Å². The Balaban J connectivity index is 2.32. The van der Waals surface area contributed by atoms with Gasteiger partial charge in [0.15, 0.2) is 0 Å². The second kappa shape index (κ2) is 6.31. The highest BCUT2D eigenvalue weighted by molar-refractivity contribution is 9.10. The molecular weight excluding hydrogens is 330 g/mol. The largest absolute Gasteiger partial charge is 0.496 e. The lowest BCUT2D eigenvalue weighted by Crippen LogP contribution is -2.14. The third-order valence-corrected chi connectivity index (χ3v) is 4.08. The van der Waals surface area contributed by atoms with Gasteiger partial charge < -0.3 is 10.1 Å². The summed E-state index contributed by atoms with van der Waals surface area (Å²) >= 11 is 3.43. The molecule has 1 N–H and O–H groups in total. The molecule has 0 atom stereocenters. The van der Waals surface area contributed by atoms with Crippen molar-refractivity contribution in [2.24, 2.45) is 0 Å². The molecule has 0 heterocycles. The molecule has 0 radical (unpaired) electrons. The molecule has 1 amide bonds. The van der Waals surface area contributed by atoms with Crippen molar-refractivity contribution in [2.45, 2.75) is 20.8 Å². The minimum atomic E-state index is -0.143. The topological polar surface area (TPSA) is 38.3 Å². The van der Waals surface area contributed by atoms with E-state index in [1.54, 1.807) is 7.11 Å². The molecule has 0 saturated heterocycles. The van der Waals surface area contributed by atoms with Crippen LogP contribution in [0.4, 0.5) is 5.69 Å². The fourth-order valence-corrected chi connectivity index (χ4v) is 2.94. The Bertz CT molecular complexity index is 695. The van der Waals surface area contributed by atoms with Gasteiger partial charge in [0.2, 0.25) is 0 Å². The number of nitrogens with one attached hydrogen (secondary N) is 1. The Hall–Kier alpha value is -1.81. The minimum Gasteiger partial charge on any atom is -0.496 e. The fourth-order valence-electron chi connectivity index (χ4n) is 2.27. The van der Waals surface area contributed by atoms with Crippen LogP contribution >= 0.6 is 15.9 Å². The van der Waals surface area contributed by atoms with Crippen molar-refractivity contribution < 1.29 is 9.53 Å². The van der Waals surface area contributed by atoms with Gasteiger partial charge in [-0.3, -0.25) is 4.79 Å². The summed E-state index contributed by atoms with van der Waals surface area (Å²) < 4.78 is 6.17. The Morgan fingerprint density at radius 2 is 1.86 bits per heavy atom. The van der Waals surface area contributed by atoms with Crippen LogP contribution < -0.4 is 10.1 Å². The Morgan fingerprint density at radius 1 is 1.14 bits per heavy atom. The number of rotatable bonds is 3. The summed E-state index contributed by atoms with van der Waals surface area (Å²) in [5.74, 6) is 0.659. The van der Waals surface area contributed by atoms with E-state index < -0.39 is 0 Å². The standard InChI is InChI=1S/C17H18BrNO2/c1-10-5-7-13(14(18)9-10)17(20)19-15-8-6-11(2)16(21-4)12(15)3/h5-9H,1-4H3,(H,19,20). The van der Waals surface area contributed by atoms with Gasteiger partial charge in [-0.25, -0.2) is 0 Å². The van der Waals surface area contributed by atoms with Crippen molar-refractivity contribution in [3.8, 4) is 5.75 Å². The van der Waals surface area contributed by atoms with Crippen molar-refractivity contribution in [1.82, 2.24) is 0 Å². The van der Waals surface area contributed by atoms with Gasteiger partial charge >= 0.3 is 0 Å². The summed E-state index contributed by atoms with van der Waals surface area (Å²) in [5.41, 5.74) is 4.44. The third kappa shape index (κ3) is 3.27. The summed E-state index contributed by atoms with van der Waals surface area (Å²) in [6, 6.07) is 9.49. The number of benzene rings is 2. The number of ether oxygens (including phenoxy) is 1. The maximum Gasteiger partial charge on any atom is 0.256 e. The van der Waals surface area contributed by atoms with E-state index in [0.29, 0.717) is 5.56 Å². The van der Waals surface area contributed by atoms with Crippen molar-refractivity contribution in [3.05, 3.63) is 57.1 Å². The van der Waals surface area contributed by atoms with Crippen LogP contribution in [0.15, 0.2) is 34.8 Å². The zero-order valence-electron chi connectivity index (χ0n) is 12.6. The normalized spacial score (nSPS) is 10.3. The molecule has 21 heavy (non-hydrogen) atoms. The molecule has 4 heteroatoms. The lowest BCUT2D eigenvalue weighted by atomic mass is 10.1. The summed E-state index contributed by atoms with van der Waals surface area (Å²) in [7, 11) is 1.64. The van der Waals surface area contributed by atoms with Gasteiger partial charge in [0.05, 0.1) is 12.7 Å². The van der Waals surface area contributed by atoms with E-state index in [-0.39, 0.29) is 5.91 Å². The van der Waals surface area contributed by atoms with Crippen LogP contribution in [0, 0.1) is 20.8 Å². The Kier molecular flexibility index (Phi) is 4.68. The quantitative estimate of drug-likeness (QED) is 0.878. The molecule has 0 saturated carbocycles. The van der Waals surface area contributed by atoms with Gasteiger partial charge in [-0.2, -0.15) is 0 Å². The Morgan fingerprint density at radius 3 is 2.48 bits per heavy atom. The smallest absolute Gasteiger partial charge is 0.256 e.